The van der Waals surface area contributed by atoms with E-state index in [2.05, 4.69) is 32.5 Å². The second kappa shape index (κ2) is 8.87. The maximum absolute atomic E-state index is 5.67. The molecule has 146 valence electrons. The van der Waals surface area contributed by atoms with Crippen LogP contribution >= 0.6 is 0 Å². The van der Waals surface area contributed by atoms with Crippen LogP contribution in [0.5, 0.6) is 5.75 Å². The lowest BCUT2D eigenvalue weighted by molar-refractivity contribution is 0.134. The fourth-order valence-corrected chi connectivity index (χ4v) is 4.33. The maximum Gasteiger partial charge on any atom is 0.118 e. The van der Waals surface area contributed by atoms with Gasteiger partial charge in [-0.05, 0) is 56.6 Å². The van der Waals surface area contributed by atoms with Crippen LogP contribution in [0.25, 0.3) is 11.3 Å². The maximum atomic E-state index is 5.67. The summed E-state index contributed by atoms with van der Waals surface area (Å²) in [5.41, 5.74) is 3.40. The SMILES string of the molecule is COc1ccc(-c2[nH]ncc2CNC[C@H]([C@@H]2CCOC2)N2CCCC2)cc1. The Bertz CT molecular complexity index is 687. The van der Waals surface area contributed by atoms with Gasteiger partial charge < -0.3 is 14.8 Å². The van der Waals surface area contributed by atoms with E-state index < -0.39 is 0 Å². The molecule has 0 bridgehead atoms. The number of methoxy groups -OCH3 is 1. The van der Waals surface area contributed by atoms with Crippen molar-refractivity contribution in [2.75, 3.05) is 40.0 Å². The van der Waals surface area contributed by atoms with Crippen molar-refractivity contribution in [2.45, 2.75) is 31.8 Å². The van der Waals surface area contributed by atoms with E-state index >= 15 is 0 Å². The van der Waals surface area contributed by atoms with Gasteiger partial charge in [-0.1, -0.05) is 0 Å². The van der Waals surface area contributed by atoms with Crippen molar-refractivity contribution in [3.63, 3.8) is 0 Å². The lowest BCUT2D eigenvalue weighted by atomic mass is 9.97. The largest absolute Gasteiger partial charge is 0.497 e. The first-order chi connectivity index (χ1) is 13.3. The number of rotatable bonds is 8. The third kappa shape index (κ3) is 4.34. The third-order valence-corrected chi connectivity index (χ3v) is 5.88. The van der Waals surface area contributed by atoms with Gasteiger partial charge in [0.05, 0.1) is 25.6 Å². The molecular formula is C21H30N4O2. The molecule has 3 heterocycles. The van der Waals surface area contributed by atoms with E-state index in [-0.39, 0.29) is 0 Å². The van der Waals surface area contributed by atoms with Gasteiger partial charge in [-0.3, -0.25) is 10.00 Å². The first-order valence-corrected chi connectivity index (χ1v) is 10.0. The molecule has 0 amide bonds. The van der Waals surface area contributed by atoms with Gasteiger partial charge in [0, 0.05) is 42.8 Å². The Kier molecular flexibility index (Phi) is 6.07. The van der Waals surface area contributed by atoms with Gasteiger partial charge in [0.15, 0.2) is 0 Å². The van der Waals surface area contributed by atoms with Gasteiger partial charge >= 0.3 is 0 Å². The van der Waals surface area contributed by atoms with Gasteiger partial charge in [0.1, 0.15) is 5.75 Å². The molecular weight excluding hydrogens is 340 g/mol. The molecule has 2 saturated heterocycles. The molecule has 0 radical (unpaired) electrons. The highest BCUT2D eigenvalue weighted by Gasteiger charge is 2.31. The van der Waals surface area contributed by atoms with Gasteiger partial charge in [-0.25, -0.2) is 0 Å². The van der Waals surface area contributed by atoms with Crippen LogP contribution in [0.15, 0.2) is 30.5 Å². The number of aromatic amines is 1. The summed E-state index contributed by atoms with van der Waals surface area (Å²) < 4.78 is 10.9. The zero-order chi connectivity index (χ0) is 18.5. The molecule has 0 aliphatic carbocycles. The highest BCUT2D eigenvalue weighted by atomic mass is 16.5. The molecule has 0 spiro atoms. The number of benzene rings is 1. The molecule has 0 saturated carbocycles. The van der Waals surface area contributed by atoms with Crippen molar-refractivity contribution in [3.05, 3.63) is 36.0 Å². The molecule has 2 aromatic rings. The van der Waals surface area contributed by atoms with Crippen LogP contribution in [-0.2, 0) is 11.3 Å². The number of H-pyrrole nitrogens is 1. The number of nitrogens with zero attached hydrogens (tertiary/aromatic N) is 2. The second-order valence-electron chi connectivity index (χ2n) is 7.56. The average molecular weight is 370 g/mol. The average Bonchev–Trinajstić information content (AvgIpc) is 3.48. The van der Waals surface area contributed by atoms with E-state index in [1.807, 2.05) is 18.3 Å². The molecule has 6 nitrogen and oxygen atoms in total. The predicted octanol–water partition coefficient (Wildman–Crippen LogP) is 2.68. The van der Waals surface area contributed by atoms with Crippen LogP contribution in [0.3, 0.4) is 0 Å². The second-order valence-corrected chi connectivity index (χ2v) is 7.56. The zero-order valence-corrected chi connectivity index (χ0v) is 16.1. The van der Waals surface area contributed by atoms with Gasteiger partial charge in [0.25, 0.3) is 0 Å². The van der Waals surface area contributed by atoms with Crippen molar-refractivity contribution in [3.8, 4) is 17.0 Å². The van der Waals surface area contributed by atoms with Gasteiger partial charge in [-0.2, -0.15) is 5.10 Å². The van der Waals surface area contributed by atoms with E-state index in [0.717, 1.165) is 43.3 Å². The standard InChI is InChI=1S/C21H30N4O2/c1-26-19-6-4-16(5-7-19)21-18(13-23-24-21)12-22-14-20(17-8-11-27-15-17)25-9-2-3-10-25/h4-7,13,17,20,22H,2-3,8-12,14-15H2,1H3,(H,23,24)/t17-,20-/m1/s1. The monoisotopic (exact) mass is 370 g/mol. The van der Waals surface area contributed by atoms with Crippen LogP contribution in [0, 0.1) is 5.92 Å². The van der Waals surface area contributed by atoms with Crippen LogP contribution in [0.4, 0.5) is 0 Å². The molecule has 1 aromatic carbocycles. The highest BCUT2D eigenvalue weighted by Crippen LogP contribution is 2.25. The Morgan fingerprint density at radius 1 is 1.30 bits per heavy atom. The lowest BCUT2D eigenvalue weighted by Gasteiger charge is -2.32. The van der Waals surface area contributed by atoms with Crippen LogP contribution < -0.4 is 10.1 Å². The molecule has 4 rings (SSSR count). The minimum atomic E-state index is 0.575. The van der Waals surface area contributed by atoms with E-state index in [4.69, 9.17) is 9.47 Å². The van der Waals surface area contributed by atoms with Crippen LogP contribution in [-0.4, -0.2) is 61.1 Å². The van der Waals surface area contributed by atoms with Crippen molar-refractivity contribution in [1.29, 1.82) is 0 Å². The Labute approximate surface area is 161 Å². The highest BCUT2D eigenvalue weighted by molar-refractivity contribution is 5.63. The van der Waals surface area contributed by atoms with E-state index in [1.54, 1.807) is 7.11 Å². The summed E-state index contributed by atoms with van der Waals surface area (Å²) in [6.45, 7) is 6.10. The first kappa shape index (κ1) is 18.5. The zero-order valence-electron chi connectivity index (χ0n) is 16.1. The lowest BCUT2D eigenvalue weighted by Crippen LogP contribution is -2.45. The molecule has 2 fully saturated rings. The van der Waals surface area contributed by atoms with E-state index in [9.17, 15) is 0 Å². The summed E-state index contributed by atoms with van der Waals surface area (Å²) in [5.74, 6) is 1.52. The number of ether oxygens (including phenoxy) is 2. The van der Waals surface area contributed by atoms with Crippen LogP contribution in [0.2, 0.25) is 0 Å². The topological polar surface area (TPSA) is 62.4 Å². The van der Waals surface area contributed by atoms with Crippen molar-refractivity contribution in [2.24, 2.45) is 5.92 Å². The number of likely N-dealkylation sites (tertiary alicyclic amines) is 1. The fourth-order valence-electron chi connectivity index (χ4n) is 4.33. The van der Waals surface area contributed by atoms with Crippen molar-refractivity contribution >= 4 is 0 Å². The smallest absolute Gasteiger partial charge is 0.118 e. The van der Waals surface area contributed by atoms with Crippen molar-refractivity contribution in [1.82, 2.24) is 20.4 Å². The molecule has 2 N–H and O–H groups in total. The van der Waals surface area contributed by atoms with Crippen molar-refractivity contribution < 1.29 is 9.47 Å². The summed E-state index contributed by atoms with van der Waals surface area (Å²) in [6, 6.07) is 8.68. The molecule has 0 unspecified atom stereocenters. The molecule has 1 aromatic heterocycles. The van der Waals surface area contributed by atoms with E-state index in [1.165, 1.54) is 37.9 Å². The number of hydrogen-bond donors (Lipinski definition) is 2. The van der Waals surface area contributed by atoms with E-state index in [0.29, 0.717) is 12.0 Å². The quantitative estimate of drug-likeness (QED) is 0.748. The molecule has 2 aliphatic heterocycles. The summed E-state index contributed by atoms with van der Waals surface area (Å²) in [6.07, 6.45) is 5.77. The van der Waals surface area contributed by atoms with Crippen LogP contribution in [0.1, 0.15) is 24.8 Å². The Balaban J connectivity index is 1.38. The Morgan fingerprint density at radius 2 is 2.11 bits per heavy atom. The first-order valence-electron chi connectivity index (χ1n) is 10.0. The predicted molar refractivity (Wildman–Crippen MR) is 106 cm³/mol. The summed E-state index contributed by atoms with van der Waals surface area (Å²) in [7, 11) is 1.69. The molecule has 2 atom stereocenters. The number of nitrogens with one attached hydrogen (secondary N) is 2. The Morgan fingerprint density at radius 3 is 2.81 bits per heavy atom. The summed E-state index contributed by atoms with van der Waals surface area (Å²) in [5, 5.41) is 11.1. The molecule has 6 heteroatoms. The fraction of sp³-hybridized carbons (Fsp3) is 0.571. The Hall–Kier alpha value is -1.89. The minimum absolute atomic E-state index is 0.575. The summed E-state index contributed by atoms with van der Waals surface area (Å²) in [4.78, 5) is 2.66. The number of aromatic nitrogens is 2. The number of hydrogen-bond acceptors (Lipinski definition) is 5. The normalized spacial score (nSPS) is 21.6. The van der Waals surface area contributed by atoms with Gasteiger partial charge in [-0.15, -0.1) is 0 Å². The third-order valence-electron chi connectivity index (χ3n) is 5.88. The summed E-state index contributed by atoms with van der Waals surface area (Å²) >= 11 is 0. The van der Waals surface area contributed by atoms with Gasteiger partial charge in [0.2, 0.25) is 0 Å². The molecule has 27 heavy (non-hydrogen) atoms. The minimum Gasteiger partial charge on any atom is -0.497 e. The molecule has 2 aliphatic rings.